The highest BCUT2D eigenvalue weighted by molar-refractivity contribution is 9.10. The van der Waals surface area contributed by atoms with Crippen LogP contribution < -0.4 is 5.32 Å². The molecule has 1 aromatic carbocycles. The summed E-state index contributed by atoms with van der Waals surface area (Å²) in [5.41, 5.74) is 2.57. The third kappa shape index (κ3) is 3.08. The average molecular weight is 291 g/mol. The number of hydrogen-bond acceptors (Lipinski definition) is 3. The van der Waals surface area contributed by atoms with Gasteiger partial charge in [0.1, 0.15) is 6.07 Å². The lowest BCUT2D eigenvalue weighted by Gasteiger charge is -2.07. The summed E-state index contributed by atoms with van der Waals surface area (Å²) in [7, 11) is 0. The summed E-state index contributed by atoms with van der Waals surface area (Å²) < 4.78 is 0.959. The van der Waals surface area contributed by atoms with Gasteiger partial charge in [-0.3, -0.25) is 0 Å². The number of halogens is 1. The predicted octanol–water partition coefficient (Wildman–Crippen LogP) is 2.70. The summed E-state index contributed by atoms with van der Waals surface area (Å²) in [4.78, 5) is 6.99. The van der Waals surface area contributed by atoms with Crippen molar-refractivity contribution in [1.29, 1.82) is 5.26 Å². The molecule has 0 aliphatic heterocycles. The molecule has 86 valence electrons. The number of nitriles is 1. The van der Waals surface area contributed by atoms with E-state index in [1.54, 1.807) is 18.6 Å². The largest absolute Gasteiger partial charge is 0.384 e. The van der Waals surface area contributed by atoms with Crippen molar-refractivity contribution in [2.45, 2.75) is 6.42 Å². The van der Waals surface area contributed by atoms with E-state index in [0.717, 1.165) is 28.8 Å². The Balaban J connectivity index is 1.99. The zero-order valence-corrected chi connectivity index (χ0v) is 10.7. The van der Waals surface area contributed by atoms with Crippen LogP contribution in [0.1, 0.15) is 11.3 Å². The van der Waals surface area contributed by atoms with Crippen LogP contribution >= 0.6 is 15.9 Å². The smallest absolute Gasteiger partial charge is 0.101 e. The van der Waals surface area contributed by atoms with Gasteiger partial charge in [0, 0.05) is 29.3 Å². The lowest BCUT2D eigenvalue weighted by molar-refractivity contribution is 0.976. The Morgan fingerprint density at radius 2 is 2.35 bits per heavy atom. The molecule has 1 aromatic heterocycles. The van der Waals surface area contributed by atoms with Crippen molar-refractivity contribution < 1.29 is 0 Å². The Hall–Kier alpha value is -1.80. The van der Waals surface area contributed by atoms with Crippen LogP contribution in [0.25, 0.3) is 0 Å². The van der Waals surface area contributed by atoms with Crippen molar-refractivity contribution in [3.05, 3.63) is 46.5 Å². The lowest BCUT2D eigenvalue weighted by Crippen LogP contribution is -2.06. The molecular formula is C12H11BrN4. The first-order valence-corrected chi connectivity index (χ1v) is 5.99. The summed E-state index contributed by atoms with van der Waals surface area (Å²) in [5.74, 6) is 0. The van der Waals surface area contributed by atoms with Crippen molar-refractivity contribution in [3.63, 3.8) is 0 Å². The molecule has 0 bridgehead atoms. The normalized spacial score (nSPS) is 9.88. The lowest BCUT2D eigenvalue weighted by atomic mass is 10.2. The number of anilines is 1. The number of aromatic amines is 1. The molecule has 2 N–H and O–H groups in total. The van der Waals surface area contributed by atoms with Crippen molar-refractivity contribution in [3.8, 4) is 6.07 Å². The van der Waals surface area contributed by atoms with E-state index in [2.05, 4.69) is 37.3 Å². The second-order valence-electron chi connectivity index (χ2n) is 3.56. The van der Waals surface area contributed by atoms with Crippen LogP contribution in [0.2, 0.25) is 0 Å². The van der Waals surface area contributed by atoms with E-state index >= 15 is 0 Å². The van der Waals surface area contributed by atoms with Crippen LogP contribution in [0.4, 0.5) is 5.69 Å². The standard InChI is InChI=1S/C12H11BrN4/c13-10-2-1-9(6-14)12(5-10)16-4-3-11-7-15-8-17-11/h1-2,5,7-8,16H,3-4H2,(H,15,17). The number of benzene rings is 1. The molecular weight excluding hydrogens is 280 g/mol. The molecule has 0 saturated heterocycles. The Morgan fingerprint density at radius 1 is 1.47 bits per heavy atom. The molecule has 4 nitrogen and oxygen atoms in total. The average Bonchev–Trinajstić information content (AvgIpc) is 2.82. The molecule has 0 spiro atoms. The summed E-state index contributed by atoms with van der Waals surface area (Å²) in [6.07, 6.45) is 4.31. The van der Waals surface area contributed by atoms with E-state index in [1.807, 2.05) is 12.1 Å². The van der Waals surface area contributed by atoms with Crippen molar-refractivity contribution >= 4 is 21.6 Å². The van der Waals surface area contributed by atoms with E-state index in [4.69, 9.17) is 5.26 Å². The van der Waals surface area contributed by atoms with E-state index in [9.17, 15) is 0 Å². The summed E-state index contributed by atoms with van der Waals surface area (Å²) in [6.45, 7) is 0.757. The zero-order chi connectivity index (χ0) is 12.1. The molecule has 0 saturated carbocycles. The van der Waals surface area contributed by atoms with Crippen LogP contribution in [0.5, 0.6) is 0 Å². The van der Waals surface area contributed by atoms with Gasteiger partial charge < -0.3 is 10.3 Å². The first-order chi connectivity index (χ1) is 8.29. The zero-order valence-electron chi connectivity index (χ0n) is 9.07. The molecule has 0 radical (unpaired) electrons. The first kappa shape index (κ1) is 11.7. The molecule has 0 fully saturated rings. The molecule has 2 aromatic rings. The maximum absolute atomic E-state index is 8.97. The van der Waals surface area contributed by atoms with Crippen LogP contribution in [0.15, 0.2) is 35.2 Å². The van der Waals surface area contributed by atoms with Gasteiger partial charge in [0.05, 0.1) is 17.6 Å². The molecule has 0 aliphatic carbocycles. The maximum atomic E-state index is 8.97. The van der Waals surface area contributed by atoms with Gasteiger partial charge in [-0.15, -0.1) is 0 Å². The molecule has 17 heavy (non-hydrogen) atoms. The van der Waals surface area contributed by atoms with E-state index in [-0.39, 0.29) is 0 Å². The highest BCUT2D eigenvalue weighted by Gasteiger charge is 2.02. The Bertz CT molecular complexity index is 528. The molecule has 0 amide bonds. The van der Waals surface area contributed by atoms with Crippen molar-refractivity contribution in [2.24, 2.45) is 0 Å². The van der Waals surface area contributed by atoms with Gasteiger partial charge in [0.2, 0.25) is 0 Å². The van der Waals surface area contributed by atoms with Gasteiger partial charge in [-0.1, -0.05) is 15.9 Å². The molecule has 5 heteroatoms. The minimum Gasteiger partial charge on any atom is -0.384 e. The van der Waals surface area contributed by atoms with Crippen molar-refractivity contribution in [1.82, 2.24) is 9.97 Å². The highest BCUT2D eigenvalue weighted by Crippen LogP contribution is 2.20. The van der Waals surface area contributed by atoms with Crippen molar-refractivity contribution in [2.75, 3.05) is 11.9 Å². The third-order valence-corrected chi connectivity index (χ3v) is 2.86. The molecule has 2 rings (SSSR count). The number of imidazole rings is 1. The SMILES string of the molecule is N#Cc1ccc(Br)cc1NCCc1cnc[nH]1. The van der Waals surface area contributed by atoms with Crippen LogP contribution in [0, 0.1) is 11.3 Å². The fraction of sp³-hybridized carbons (Fsp3) is 0.167. The Labute approximate surface area is 108 Å². The second-order valence-corrected chi connectivity index (χ2v) is 4.47. The number of H-pyrrole nitrogens is 1. The molecule has 1 heterocycles. The molecule has 0 unspecified atom stereocenters. The Morgan fingerprint density at radius 3 is 3.06 bits per heavy atom. The topological polar surface area (TPSA) is 64.5 Å². The van der Waals surface area contributed by atoms with Gasteiger partial charge in [-0.2, -0.15) is 5.26 Å². The highest BCUT2D eigenvalue weighted by atomic mass is 79.9. The number of aromatic nitrogens is 2. The van der Waals surface area contributed by atoms with Gasteiger partial charge in [0.25, 0.3) is 0 Å². The van der Waals surface area contributed by atoms with Crippen LogP contribution in [-0.2, 0) is 6.42 Å². The minimum absolute atomic E-state index is 0.651. The minimum atomic E-state index is 0.651. The number of nitrogens with zero attached hydrogens (tertiary/aromatic N) is 2. The fourth-order valence-corrected chi connectivity index (χ4v) is 1.87. The first-order valence-electron chi connectivity index (χ1n) is 5.20. The summed E-state index contributed by atoms with van der Waals surface area (Å²) in [6, 6.07) is 7.73. The summed E-state index contributed by atoms with van der Waals surface area (Å²) in [5, 5.41) is 12.2. The van der Waals surface area contributed by atoms with E-state index < -0.39 is 0 Å². The van der Waals surface area contributed by atoms with Gasteiger partial charge in [-0.05, 0) is 18.2 Å². The monoisotopic (exact) mass is 290 g/mol. The number of hydrogen-bond donors (Lipinski definition) is 2. The molecule has 0 aliphatic rings. The van der Waals surface area contributed by atoms with E-state index in [1.165, 1.54) is 0 Å². The van der Waals surface area contributed by atoms with Gasteiger partial charge in [-0.25, -0.2) is 4.98 Å². The predicted molar refractivity (Wildman–Crippen MR) is 69.6 cm³/mol. The van der Waals surface area contributed by atoms with Crippen LogP contribution in [0.3, 0.4) is 0 Å². The third-order valence-electron chi connectivity index (χ3n) is 2.37. The van der Waals surface area contributed by atoms with Gasteiger partial charge >= 0.3 is 0 Å². The quantitative estimate of drug-likeness (QED) is 0.910. The van der Waals surface area contributed by atoms with Crippen LogP contribution in [-0.4, -0.2) is 16.5 Å². The molecule has 0 atom stereocenters. The maximum Gasteiger partial charge on any atom is 0.101 e. The van der Waals surface area contributed by atoms with Gasteiger partial charge in [0.15, 0.2) is 0 Å². The fourth-order valence-electron chi connectivity index (χ4n) is 1.51. The summed E-state index contributed by atoms with van der Waals surface area (Å²) >= 11 is 3.39. The number of rotatable bonds is 4. The second kappa shape index (κ2) is 5.51. The number of nitrogens with one attached hydrogen (secondary N) is 2. The Kier molecular flexibility index (Phi) is 3.78. The van der Waals surface area contributed by atoms with E-state index in [0.29, 0.717) is 5.56 Å².